The molecule has 2 fully saturated rings. The number of likely N-dealkylation sites (tertiary alicyclic amines) is 1. The van der Waals surface area contributed by atoms with Gasteiger partial charge in [-0.05, 0) is 24.6 Å². The number of sulfone groups is 1. The van der Waals surface area contributed by atoms with Gasteiger partial charge in [0.05, 0.1) is 39.9 Å². The minimum absolute atomic E-state index is 0.107. The topological polar surface area (TPSA) is 132 Å². The molecule has 0 aliphatic carbocycles. The summed E-state index contributed by atoms with van der Waals surface area (Å²) < 4.78 is 29.3. The first-order valence-corrected chi connectivity index (χ1v) is 14.1. The van der Waals surface area contributed by atoms with Gasteiger partial charge in [0.15, 0.2) is 15.7 Å². The lowest BCUT2D eigenvalue weighted by atomic mass is 10.1. The number of H-pyrrole nitrogens is 1. The number of thiophene rings is 1. The molecule has 3 aromatic rings. The monoisotopic (exact) mass is 514 g/mol. The van der Waals surface area contributed by atoms with E-state index in [0.29, 0.717) is 55.5 Å². The standard InChI is InChI=1S/C23H26N6O4S2/c1-35(31,32)15-7-8-29(14-15)23(30)20-6-5-19(34-20)22(28-9-11-33-12-10-28)26-21(24)16-3-2-4-18-17(16)13-25-27-18/h2-6,13,15,24H,7-12,14H2,1H3,(H,25,27). The Morgan fingerprint density at radius 2 is 1.94 bits per heavy atom. The summed E-state index contributed by atoms with van der Waals surface area (Å²) in [4.78, 5) is 22.8. The van der Waals surface area contributed by atoms with Crippen molar-refractivity contribution in [1.82, 2.24) is 20.0 Å². The Kier molecular flexibility index (Phi) is 6.43. The molecule has 0 spiro atoms. The number of nitrogens with one attached hydrogen (secondary N) is 2. The Morgan fingerprint density at radius 3 is 2.69 bits per heavy atom. The molecule has 4 heterocycles. The summed E-state index contributed by atoms with van der Waals surface area (Å²) in [5.41, 5.74) is 1.50. The van der Waals surface area contributed by atoms with E-state index in [9.17, 15) is 13.2 Å². The molecule has 2 aliphatic rings. The Bertz CT molecular complexity index is 1400. The van der Waals surface area contributed by atoms with Crippen molar-refractivity contribution in [2.75, 3.05) is 45.6 Å². The minimum atomic E-state index is -3.18. The van der Waals surface area contributed by atoms with Crippen molar-refractivity contribution in [3.05, 3.63) is 51.8 Å². The highest BCUT2D eigenvalue weighted by molar-refractivity contribution is 7.91. The molecule has 184 valence electrons. The summed E-state index contributed by atoms with van der Waals surface area (Å²) in [7, 11) is -3.18. The zero-order valence-corrected chi connectivity index (χ0v) is 20.9. The van der Waals surface area contributed by atoms with Gasteiger partial charge in [0.25, 0.3) is 5.91 Å². The highest BCUT2D eigenvalue weighted by atomic mass is 32.2. The van der Waals surface area contributed by atoms with Gasteiger partial charge in [0.2, 0.25) is 0 Å². The smallest absolute Gasteiger partial charge is 0.263 e. The maximum Gasteiger partial charge on any atom is 0.263 e. The first-order chi connectivity index (χ1) is 16.8. The average Bonchev–Trinajstić information content (AvgIpc) is 3.62. The van der Waals surface area contributed by atoms with Crippen LogP contribution < -0.4 is 0 Å². The number of carbonyl (C=O) groups is 1. The lowest BCUT2D eigenvalue weighted by molar-refractivity contribution is 0.0684. The normalized spacial score (nSPS) is 19.5. The third-order valence-electron chi connectivity index (χ3n) is 6.34. The van der Waals surface area contributed by atoms with Gasteiger partial charge < -0.3 is 14.5 Å². The van der Waals surface area contributed by atoms with Crippen molar-refractivity contribution in [3.8, 4) is 0 Å². The number of morpholine rings is 1. The summed E-state index contributed by atoms with van der Waals surface area (Å²) in [5.74, 6) is 0.556. The molecule has 5 rings (SSSR count). The second-order valence-corrected chi connectivity index (χ2v) is 12.1. The fourth-order valence-corrected chi connectivity index (χ4v) is 6.36. The predicted octanol–water partition coefficient (Wildman–Crippen LogP) is 1.99. The molecule has 1 amide bonds. The second kappa shape index (κ2) is 9.51. The molecule has 2 aromatic heterocycles. The van der Waals surface area contributed by atoms with Crippen molar-refractivity contribution < 1.29 is 17.9 Å². The van der Waals surface area contributed by atoms with E-state index in [1.54, 1.807) is 17.2 Å². The first kappa shape index (κ1) is 23.6. The number of aliphatic imine (C=N–C) groups is 1. The van der Waals surface area contributed by atoms with Crippen LogP contribution in [0.3, 0.4) is 0 Å². The van der Waals surface area contributed by atoms with E-state index in [1.807, 2.05) is 24.3 Å². The summed E-state index contributed by atoms with van der Waals surface area (Å²) in [6.07, 6.45) is 3.36. The van der Waals surface area contributed by atoms with E-state index in [-0.39, 0.29) is 18.3 Å². The summed E-state index contributed by atoms with van der Waals surface area (Å²) in [6, 6.07) is 9.20. The number of benzene rings is 1. The molecule has 1 atom stereocenters. The summed E-state index contributed by atoms with van der Waals surface area (Å²) >= 11 is 1.31. The second-order valence-electron chi connectivity index (χ2n) is 8.68. The average molecular weight is 515 g/mol. The number of nitrogens with zero attached hydrogens (tertiary/aromatic N) is 4. The number of aromatic nitrogens is 2. The lowest BCUT2D eigenvalue weighted by Gasteiger charge is -2.29. The van der Waals surface area contributed by atoms with Crippen molar-refractivity contribution in [2.45, 2.75) is 11.7 Å². The van der Waals surface area contributed by atoms with E-state index in [1.165, 1.54) is 17.6 Å². The molecule has 0 radical (unpaired) electrons. The van der Waals surface area contributed by atoms with Gasteiger partial charge in [-0.1, -0.05) is 12.1 Å². The summed E-state index contributed by atoms with van der Waals surface area (Å²) in [6.45, 7) is 3.02. The third kappa shape index (κ3) is 4.86. The number of fused-ring (bicyclic) bond motifs is 1. The Labute approximate surface area is 207 Å². The molecule has 12 heteroatoms. The molecule has 1 unspecified atom stereocenters. The van der Waals surface area contributed by atoms with E-state index < -0.39 is 15.1 Å². The predicted molar refractivity (Wildman–Crippen MR) is 135 cm³/mol. The third-order valence-corrected chi connectivity index (χ3v) is 9.01. The first-order valence-electron chi connectivity index (χ1n) is 11.3. The van der Waals surface area contributed by atoms with Crippen LogP contribution in [-0.4, -0.2) is 96.9 Å². The van der Waals surface area contributed by atoms with E-state index in [0.717, 1.165) is 15.8 Å². The molecule has 35 heavy (non-hydrogen) atoms. The largest absolute Gasteiger partial charge is 0.378 e. The molecule has 2 saturated heterocycles. The number of amidine groups is 2. The zero-order chi connectivity index (χ0) is 24.6. The Morgan fingerprint density at radius 1 is 1.17 bits per heavy atom. The number of carbonyl (C=O) groups excluding carboxylic acids is 1. The van der Waals surface area contributed by atoms with E-state index in [2.05, 4.69) is 15.1 Å². The van der Waals surface area contributed by atoms with Crippen LogP contribution in [0.5, 0.6) is 0 Å². The van der Waals surface area contributed by atoms with Gasteiger partial charge in [0.1, 0.15) is 5.84 Å². The zero-order valence-electron chi connectivity index (χ0n) is 19.2. The quantitative estimate of drug-likeness (QED) is 0.404. The number of aromatic amines is 1. The molecular formula is C23H26N6O4S2. The van der Waals surface area contributed by atoms with E-state index in [4.69, 9.17) is 15.1 Å². The van der Waals surface area contributed by atoms with Crippen molar-refractivity contribution in [2.24, 2.45) is 4.99 Å². The maximum atomic E-state index is 13.1. The van der Waals surface area contributed by atoms with Crippen LogP contribution in [0.2, 0.25) is 0 Å². The maximum absolute atomic E-state index is 13.1. The molecular weight excluding hydrogens is 488 g/mol. The number of ether oxygens (including phenoxy) is 1. The van der Waals surface area contributed by atoms with Crippen molar-refractivity contribution in [1.29, 1.82) is 5.41 Å². The summed E-state index contributed by atoms with van der Waals surface area (Å²) in [5, 5.41) is 16.0. The van der Waals surface area contributed by atoms with Crippen molar-refractivity contribution >= 4 is 49.7 Å². The van der Waals surface area contributed by atoms with Crippen LogP contribution >= 0.6 is 11.3 Å². The molecule has 2 N–H and O–H groups in total. The van der Waals surface area contributed by atoms with Crippen LogP contribution in [0.1, 0.15) is 26.5 Å². The van der Waals surface area contributed by atoms with Gasteiger partial charge in [-0.3, -0.25) is 15.3 Å². The van der Waals surface area contributed by atoms with Crippen LogP contribution in [0, 0.1) is 5.41 Å². The number of amides is 1. The lowest BCUT2D eigenvalue weighted by Crippen LogP contribution is -2.41. The fourth-order valence-electron chi connectivity index (χ4n) is 4.39. The van der Waals surface area contributed by atoms with Crippen LogP contribution in [0.25, 0.3) is 10.9 Å². The Balaban J connectivity index is 1.44. The molecule has 0 bridgehead atoms. The molecule has 10 nitrogen and oxygen atoms in total. The highest BCUT2D eigenvalue weighted by Gasteiger charge is 2.33. The molecule has 1 aromatic carbocycles. The van der Waals surface area contributed by atoms with Gasteiger partial charge in [-0.15, -0.1) is 11.3 Å². The van der Waals surface area contributed by atoms with E-state index >= 15 is 0 Å². The number of hydrogen-bond acceptors (Lipinski definition) is 7. The highest BCUT2D eigenvalue weighted by Crippen LogP contribution is 2.25. The Hall–Kier alpha value is -3.09. The van der Waals surface area contributed by atoms with Crippen LogP contribution in [-0.2, 0) is 14.6 Å². The fraction of sp³-hybridized carbons (Fsp3) is 0.391. The molecule has 2 aliphatic heterocycles. The molecule has 0 saturated carbocycles. The van der Waals surface area contributed by atoms with Gasteiger partial charge >= 0.3 is 0 Å². The number of rotatable bonds is 4. The van der Waals surface area contributed by atoms with Gasteiger partial charge in [0, 0.05) is 43.4 Å². The van der Waals surface area contributed by atoms with Crippen molar-refractivity contribution in [3.63, 3.8) is 0 Å². The van der Waals surface area contributed by atoms with Crippen LogP contribution in [0.15, 0.2) is 41.5 Å². The number of hydrogen-bond donors (Lipinski definition) is 2. The SMILES string of the molecule is CS(=O)(=O)C1CCN(C(=O)c2ccc(C(=NC(=N)c3cccc4[nH]ncc34)N3CCOCC3)s2)C1. The minimum Gasteiger partial charge on any atom is -0.378 e. The van der Waals surface area contributed by atoms with Crippen LogP contribution in [0.4, 0.5) is 0 Å². The van der Waals surface area contributed by atoms with Gasteiger partial charge in [-0.2, -0.15) is 5.10 Å². The van der Waals surface area contributed by atoms with Gasteiger partial charge in [-0.25, -0.2) is 13.4 Å².